The van der Waals surface area contributed by atoms with Crippen LogP contribution in [-0.2, 0) is 11.3 Å². The van der Waals surface area contributed by atoms with Gasteiger partial charge in [-0.15, -0.1) is 16.4 Å². The van der Waals surface area contributed by atoms with Gasteiger partial charge in [0.2, 0.25) is 5.91 Å². The summed E-state index contributed by atoms with van der Waals surface area (Å²) in [7, 11) is 0. The number of aromatic nitrogens is 2. The van der Waals surface area contributed by atoms with Gasteiger partial charge in [0.15, 0.2) is 0 Å². The normalized spacial score (nSPS) is 10.7. The van der Waals surface area contributed by atoms with E-state index in [1.807, 2.05) is 54.8 Å². The van der Waals surface area contributed by atoms with Gasteiger partial charge >= 0.3 is 5.76 Å². The summed E-state index contributed by atoms with van der Waals surface area (Å²) in [5, 5.41) is 5.97. The fraction of sp³-hybridized carbons (Fsp3) is 0.188. The van der Waals surface area contributed by atoms with E-state index in [0.29, 0.717) is 6.54 Å². The number of nitrogens with zero attached hydrogens (tertiary/aromatic N) is 3. The van der Waals surface area contributed by atoms with Gasteiger partial charge in [-0.25, -0.2) is 4.79 Å². The second-order valence-electron chi connectivity index (χ2n) is 4.78. The quantitative estimate of drug-likeness (QED) is 0.721. The zero-order chi connectivity index (χ0) is 16.2. The van der Waals surface area contributed by atoms with Crippen LogP contribution in [0.1, 0.15) is 6.92 Å². The van der Waals surface area contributed by atoms with Crippen molar-refractivity contribution in [3.05, 3.63) is 58.4 Å². The molecule has 7 heteroatoms. The van der Waals surface area contributed by atoms with E-state index in [-0.39, 0.29) is 18.3 Å². The van der Waals surface area contributed by atoms with Crippen LogP contribution in [0.15, 0.2) is 57.1 Å². The van der Waals surface area contributed by atoms with Crippen molar-refractivity contribution >= 4 is 22.9 Å². The van der Waals surface area contributed by atoms with Crippen LogP contribution in [0.2, 0.25) is 0 Å². The molecule has 1 aromatic carbocycles. The number of para-hydroxylation sites is 1. The number of rotatable bonds is 5. The molecule has 118 valence electrons. The maximum atomic E-state index is 12.5. The lowest BCUT2D eigenvalue weighted by atomic mass is 10.3. The monoisotopic (exact) mass is 329 g/mol. The average molecular weight is 329 g/mol. The van der Waals surface area contributed by atoms with Gasteiger partial charge < -0.3 is 9.32 Å². The Bertz CT molecular complexity index is 837. The van der Waals surface area contributed by atoms with Crippen LogP contribution in [-0.4, -0.2) is 22.2 Å². The number of hydrogen-bond acceptors (Lipinski definition) is 5. The van der Waals surface area contributed by atoms with Gasteiger partial charge in [-0.2, -0.15) is 4.68 Å². The van der Waals surface area contributed by atoms with Crippen molar-refractivity contribution in [2.24, 2.45) is 0 Å². The Morgan fingerprint density at radius 1 is 1.26 bits per heavy atom. The van der Waals surface area contributed by atoms with Crippen LogP contribution in [0.25, 0.3) is 10.8 Å². The SMILES string of the molecule is CCN(C(=O)Cn1nc(-c2cccs2)oc1=O)c1ccccc1. The van der Waals surface area contributed by atoms with E-state index >= 15 is 0 Å². The van der Waals surface area contributed by atoms with Crippen molar-refractivity contribution in [1.29, 1.82) is 0 Å². The maximum Gasteiger partial charge on any atom is 0.437 e. The van der Waals surface area contributed by atoms with E-state index in [9.17, 15) is 9.59 Å². The molecule has 3 aromatic rings. The molecule has 0 radical (unpaired) electrons. The summed E-state index contributed by atoms with van der Waals surface area (Å²) < 4.78 is 6.17. The van der Waals surface area contributed by atoms with E-state index < -0.39 is 5.76 Å². The topological polar surface area (TPSA) is 68.3 Å². The van der Waals surface area contributed by atoms with Gasteiger partial charge in [-0.3, -0.25) is 4.79 Å². The lowest BCUT2D eigenvalue weighted by molar-refractivity contribution is -0.119. The van der Waals surface area contributed by atoms with Crippen LogP contribution in [0.3, 0.4) is 0 Å². The van der Waals surface area contributed by atoms with Gasteiger partial charge in [0, 0.05) is 12.2 Å². The number of hydrogen-bond donors (Lipinski definition) is 0. The van der Waals surface area contributed by atoms with Gasteiger partial charge in [0.1, 0.15) is 6.54 Å². The Labute approximate surface area is 136 Å². The molecule has 0 atom stereocenters. The highest BCUT2D eigenvalue weighted by Crippen LogP contribution is 2.21. The molecule has 0 fully saturated rings. The fourth-order valence-electron chi connectivity index (χ4n) is 2.23. The largest absolute Gasteiger partial charge is 0.437 e. The van der Waals surface area contributed by atoms with Gasteiger partial charge in [-0.05, 0) is 30.5 Å². The van der Waals surface area contributed by atoms with Crippen LogP contribution >= 0.6 is 11.3 Å². The number of benzene rings is 1. The molecule has 0 aliphatic carbocycles. The minimum atomic E-state index is -0.633. The lowest BCUT2D eigenvalue weighted by Gasteiger charge is -2.20. The summed E-state index contributed by atoms with van der Waals surface area (Å²) in [6, 6.07) is 13.0. The molecular weight excluding hydrogens is 314 g/mol. The summed E-state index contributed by atoms with van der Waals surface area (Å²) in [6.45, 7) is 2.23. The number of anilines is 1. The molecule has 0 aliphatic rings. The standard InChI is InChI=1S/C16H15N3O3S/c1-2-18(12-7-4-3-5-8-12)14(20)11-19-16(21)22-15(17-19)13-9-6-10-23-13/h3-10H,2,11H2,1H3. The summed E-state index contributed by atoms with van der Waals surface area (Å²) in [5.74, 6) is -0.613. The van der Waals surface area contributed by atoms with E-state index in [2.05, 4.69) is 5.10 Å². The van der Waals surface area contributed by atoms with Crippen molar-refractivity contribution in [2.75, 3.05) is 11.4 Å². The van der Waals surface area contributed by atoms with E-state index in [1.54, 1.807) is 4.90 Å². The predicted molar refractivity (Wildman–Crippen MR) is 88.5 cm³/mol. The zero-order valence-corrected chi connectivity index (χ0v) is 13.3. The fourth-order valence-corrected chi connectivity index (χ4v) is 2.87. The molecule has 23 heavy (non-hydrogen) atoms. The lowest BCUT2D eigenvalue weighted by Crippen LogP contribution is -2.36. The number of thiophene rings is 1. The molecule has 0 saturated carbocycles. The van der Waals surface area contributed by atoms with Gasteiger partial charge in [0.05, 0.1) is 4.88 Å². The number of carbonyl (C=O) groups is 1. The number of likely N-dealkylation sites (N-methyl/N-ethyl adjacent to an activating group) is 1. The molecule has 0 saturated heterocycles. The van der Waals surface area contributed by atoms with E-state index in [0.717, 1.165) is 15.2 Å². The molecular formula is C16H15N3O3S. The van der Waals surface area contributed by atoms with Crippen LogP contribution in [0.4, 0.5) is 5.69 Å². The first-order chi connectivity index (χ1) is 11.2. The predicted octanol–water partition coefficient (Wildman–Crippen LogP) is 2.62. The highest BCUT2D eigenvalue weighted by Gasteiger charge is 2.18. The van der Waals surface area contributed by atoms with E-state index in [1.165, 1.54) is 11.3 Å². The van der Waals surface area contributed by atoms with Gasteiger partial charge in [-0.1, -0.05) is 24.3 Å². The van der Waals surface area contributed by atoms with Crippen molar-refractivity contribution < 1.29 is 9.21 Å². The molecule has 0 aliphatic heterocycles. The first-order valence-corrected chi connectivity index (χ1v) is 8.04. The number of amides is 1. The Morgan fingerprint density at radius 2 is 2.04 bits per heavy atom. The van der Waals surface area contributed by atoms with Crippen molar-refractivity contribution in [3.8, 4) is 10.8 Å². The Kier molecular flexibility index (Phi) is 4.38. The molecule has 0 bridgehead atoms. The molecule has 3 rings (SSSR count). The van der Waals surface area contributed by atoms with Crippen molar-refractivity contribution in [2.45, 2.75) is 13.5 Å². The molecule has 0 N–H and O–H groups in total. The summed E-state index contributed by atoms with van der Waals surface area (Å²) >= 11 is 1.42. The Hall–Kier alpha value is -2.67. The minimum absolute atomic E-state index is 0.156. The second kappa shape index (κ2) is 6.62. The Balaban J connectivity index is 1.81. The number of carbonyl (C=O) groups excluding carboxylic acids is 1. The third kappa shape index (κ3) is 3.24. The van der Waals surface area contributed by atoms with Crippen molar-refractivity contribution in [1.82, 2.24) is 9.78 Å². The van der Waals surface area contributed by atoms with Crippen molar-refractivity contribution in [3.63, 3.8) is 0 Å². The van der Waals surface area contributed by atoms with Crippen LogP contribution < -0.4 is 10.7 Å². The first kappa shape index (κ1) is 15.2. The highest BCUT2D eigenvalue weighted by molar-refractivity contribution is 7.13. The van der Waals surface area contributed by atoms with Crippen LogP contribution in [0, 0.1) is 0 Å². The highest BCUT2D eigenvalue weighted by atomic mass is 32.1. The van der Waals surface area contributed by atoms with E-state index in [4.69, 9.17) is 4.42 Å². The smallest absolute Gasteiger partial charge is 0.387 e. The summed E-state index contributed by atoms with van der Waals surface area (Å²) in [5.41, 5.74) is 0.787. The molecule has 0 unspecified atom stereocenters. The third-order valence-corrected chi connectivity index (χ3v) is 4.17. The molecule has 2 heterocycles. The second-order valence-corrected chi connectivity index (χ2v) is 5.73. The molecule has 0 spiro atoms. The maximum absolute atomic E-state index is 12.5. The van der Waals surface area contributed by atoms with Gasteiger partial charge in [0.25, 0.3) is 5.89 Å². The Morgan fingerprint density at radius 3 is 2.70 bits per heavy atom. The molecule has 2 aromatic heterocycles. The summed E-state index contributed by atoms with van der Waals surface area (Å²) in [6.07, 6.45) is 0. The molecule has 6 nitrogen and oxygen atoms in total. The first-order valence-electron chi connectivity index (χ1n) is 7.16. The minimum Gasteiger partial charge on any atom is -0.387 e. The molecule has 1 amide bonds. The zero-order valence-electron chi connectivity index (χ0n) is 12.5. The average Bonchev–Trinajstić information content (AvgIpc) is 3.20. The summed E-state index contributed by atoms with van der Waals surface area (Å²) in [4.78, 5) is 26.7. The van der Waals surface area contributed by atoms with Crippen LogP contribution in [0.5, 0.6) is 0 Å². The third-order valence-electron chi connectivity index (χ3n) is 3.31.